The van der Waals surface area contributed by atoms with E-state index in [0.717, 1.165) is 24.4 Å². The van der Waals surface area contributed by atoms with E-state index in [2.05, 4.69) is 10.1 Å². The van der Waals surface area contributed by atoms with Gasteiger partial charge in [0.15, 0.2) is 11.3 Å². The lowest BCUT2D eigenvalue weighted by molar-refractivity contribution is -0.142. The number of alkyl halides is 6. The molecule has 0 saturated heterocycles. The fourth-order valence-corrected chi connectivity index (χ4v) is 2.68. The molecule has 1 N–H and O–H groups in total. The molecule has 0 bridgehead atoms. The van der Waals surface area contributed by atoms with Gasteiger partial charge in [0, 0.05) is 11.8 Å². The minimum Gasteiger partial charge on any atom is -0.493 e. The van der Waals surface area contributed by atoms with Gasteiger partial charge in [-0.15, -0.1) is 0 Å². The highest BCUT2D eigenvalue weighted by Crippen LogP contribution is 2.39. The summed E-state index contributed by atoms with van der Waals surface area (Å²) < 4.78 is 84.2. The van der Waals surface area contributed by atoms with Crippen LogP contribution in [-0.4, -0.2) is 32.3 Å². The standard InChI is InChI=1S/C17H11F6N3O3/c1-2-29-11-7-8(3-4-9(11)16(18,19)20)10-5-6-26-14(24-10)12(15(27)28)13(25-26)17(21,22)23/h3-7H,2H2,1H3,(H,27,28). The van der Waals surface area contributed by atoms with Gasteiger partial charge in [-0.05, 0) is 25.1 Å². The number of hydrogen-bond donors (Lipinski definition) is 1. The zero-order valence-electron chi connectivity index (χ0n) is 14.5. The second-order valence-electron chi connectivity index (χ2n) is 5.75. The molecule has 2 aromatic heterocycles. The van der Waals surface area contributed by atoms with Crippen molar-refractivity contribution in [2.45, 2.75) is 19.3 Å². The smallest absolute Gasteiger partial charge is 0.436 e. The lowest BCUT2D eigenvalue weighted by Crippen LogP contribution is -2.12. The Morgan fingerprint density at radius 1 is 1.14 bits per heavy atom. The highest BCUT2D eigenvalue weighted by atomic mass is 19.4. The Labute approximate surface area is 158 Å². The van der Waals surface area contributed by atoms with Crippen LogP contribution in [0.2, 0.25) is 0 Å². The summed E-state index contributed by atoms with van der Waals surface area (Å²) in [5.41, 5.74) is -4.37. The number of hydrogen-bond acceptors (Lipinski definition) is 4. The van der Waals surface area contributed by atoms with Gasteiger partial charge >= 0.3 is 18.3 Å². The number of ether oxygens (including phenoxy) is 1. The molecular formula is C17H11F6N3O3. The van der Waals surface area contributed by atoms with Crippen molar-refractivity contribution in [3.05, 3.63) is 47.3 Å². The highest BCUT2D eigenvalue weighted by Gasteiger charge is 2.41. The summed E-state index contributed by atoms with van der Waals surface area (Å²) in [7, 11) is 0. The van der Waals surface area contributed by atoms with Crippen molar-refractivity contribution in [1.82, 2.24) is 14.6 Å². The number of carbonyl (C=O) groups is 1. The van der Waals surface area contributed by atoms with Crippen LogP contribution in [0.1, 0.15) is 28.5 Å². The van der Waals surface area contributed by atoms with Crippen LogP contribution in [0.25, 0.3) is 16.9 Å². The first kappa shape index (κ1) is 20.4. The van der Waals surface area contributed by atoms with Crippen LogP contribution in [0.5, 0.6) is 5.75 Å². The number of carboxylic acids is 1. The molecule has 0 fully saturated rings. The van der Waals surface area contributed by atoms with E-state index in [-0.39, 0.29) is 17.9 Å². The molecular weight excluding hydrogens is 408 g/mol. The predicted octanol–water partition coefficient (Wildman–Crippen LogP) is 4.53. The van der Waals surface area contributed by atoms with Crippen molar-refractivity contribution >= 4 is 11.6 Å². The second-order valence-corrected chi connectivity index (χ2v) is 5.75. The summed E-state index contributed by atoms with van der Waals surface area (Å²) >= 11 is 0. The van der Waals surface area contributed by atoms with Crippen molar-refractivity contribution in [1.29, 1.82) is 0 Å². The number of benzene rings is 1. The van der Waals surface area contributed by atoms with Crippen molar-refractivity contribution in [2.24, 2.45) is 0 Å². The Morgan fingerprint density at radius 3 is 2.38 bits per heavy atom. The molecule has 0 saturated carbocycles. The third-order valence-corrected chi connectivity index (χ3v) is 3.85. The van der Waals surface area contributed by atoms with E-state index in [1.54, 1.807) is 0 Å². The van der Waals surface area contributed by atoms with E-state index >= 15 is 0 Å². The number of halogens is 6. The van der Waals surface area contributed by atoms with Gasteiger partial charge in [-0.1, -0.05) is 6.07 Å². The molecule has 0 amide bonds. The Kier molecular flexibility index (Phi) is 4.89. The predicted molar refractivity (Wildman–Crippen MR) is 86.6 cm³/mol. The van der Waals surface area contributed by atoms with Gasteiger partial charge in [0.2, 0.25) is 0 Å². The summed E-state index contributed by atoms with van der Waals surface area (Å²) in [6.07, 6.45) is -8.67. The third kappa shape index (κ3) is 3.82. The summed E-state index contributed by atoms with van der Waals surface area (Å²) in [4.78, 5) is 15.2. The second kappa shape index (κ2) is 6.94. The van der Waals surface area contributed by atoms with E-state index in [0.29, 0.717) is 4.52 Å². The molecule has 12 heteroatoms. The molecule has 0 unspecified atom stereocenters. The fraction of sp³-hybridized carbons (Fsp3) is 0.235. The quantitative estimate of drug-likeness (QED) is 0.629. The van der Waals surface area contributed by atoms with Crippen molar-refractivity contribution in [3.8, 4) is 17.0 Å². The van der Waals surface area contributed by atoms with E-state index in [4.69, 9.17) is 4.74 Å². The van der Waals surface area contributed by atoms with Crippen LogP contribution in [0.4, 0.5) is 26.3 Å². The van der Waals surface area contributed by atoms with Crippen LogP contribution >= 0.6 is 0 Å². The van der Waals surface area contributed by atoms with Crippen LogP contribution in [0.3, 0.4) is 0 Å². The molecule has 0 radical (unpaired) electrons. The number of aromatic nitrogens is 3. The monoisotopic (exact) mass is 419 g/mol. The molecule has 154 valence electrons. The third-order valence-electron chi connectivity index (χ3n) is 3.85. The van der Waals surface area contributed by atoms with Gasteiger partial charge in [-0.25, -0.2) is 14.3 Å². The number of aromatic carboxylic acids is 1. The van der Waals surface area contributed by atoms with E-state index in [9.17, 15) is 36.2 Å². The highest BCUT2D eigenvalue weighted by molar-refractivity contribution is 5.96. The van der Waals surface area contributed by atoms with Crippen LogP contribution in [0.15, 0.2) is 30.5 Å². The van der Waals surface area contributed by atoms with Gasteiger partial charge < -0.3 is 9.84 Å². The van der Waals surface area contributed by atoms with Crippen molar-refractivity contribution in [2.75, 3.05) is 6.61 Å². The molecule has 0 aliphatic carbocycles. The van der Waals surface area contributed by atoms with Crippen molar-refractivity contribution in [3.63, 3.8) is 0 Å². The minimum absolute atomic E-state index is 0.0525. The topological polar surface area (TPSA) is 76.7 Å². The fourth-order valence-electron chi connectivity index (χ4n) is 2.68. The molecule has 3 aromatic rings. The molecule has 29 heavy (non-hydrogen) atoms. The Morgan fingerprint density at radius 2 is 1.83 bits per heavy atom. The van der Waals surface area contributed by atoms with E-state index in [1.807, 2.05) is 0 Å². The largest absolute Gasteiger partial charge is 0.493 e. The molecule has 3 rings (SSSR count). The lowest BCUT2D eigenvalue weighted by Gasteiger charge is -2.14. The molecule has 1 aromatic carbocycles. The first-order valence-electron chi connectivity index (χ1n) is 7.97. The van der Waals surface area contributed by atoms with Gasteiger partial charge in [-0.2, -0.15) is 31.4 Å². The number of carboxylic acid groups (broad SMARTS) is 1. The normalized spacial score (nSPS) is 12.4. The Hall–Kier alpha value is -3.31. The van der Waals surface area contributed by atoms with E-state index < -0.39 is 46.5 Å². The lowest BCUT2D eigenvalue weighted by atomic mass is 10.1. The SMILES string of the molecule is CCOc1cc(-c2ccn3nc(C(F)(F)F)c(C(=O)O)c3n2)ccc1C(F)(F)F. The van der Waals surface area contributed by atoms with Gasteiger partial charge in [-0.3, -0.25) is 0 Å². The molecule has 0 spiro atoms. The van der Waals surface area contributed by atoms with Gasteiger partial charge in [0.05, 0.1) is 17.9 Å². The first-order valence-corrected chi connectivity index (χ1v) is 7.97. The first-order chi connectivity index (χ1) is 13.4. The summed E-state index contributed by atoms with van der Waals surface area (Å²) in [5.74, 6) is -2.37. The van der Waals surface area contributed by atoms with Crippen LogP contribution in [0, 0.1) is 0 Å². The molecule has 6 nitrogen and oxygen atoms in total. The maximum absolute atomic E-state index is 13.1. The molecule has 0 atom stereocenters. The summed E-state index contributed by atoms with van der Waals surface area (Å²) in [6.45, 7) is 1.43. The molecule has 0 aliphatic rings. The Balaban J connectivity index is 2.19. The zero-order valence-corrected chi connectivity index (χ0v) is 14.5. The van der Waals surface area contributed by atoms with Crippen molar-refractivity contribution < 1.29 is 41.0 Å². The van der Waals surface area contributed by atoms with Crippen LogP contribution < -0.4 is 4.74 Å². The summed E-state index contributed by atoms with van der Waals surface area (Å²) in [6, 6.07) is 4.05. The zero-order chi connectivity index (χ0) is 21.6. The molecule has 2 heterocycles. The number of nitrogens with zero attached hydrogens (tertiary/aromatic N) is 3. The Bertz CT molecular complexity index is 1090. The van der Waals surface area contributed by atoms with Gasteiger partial charge in [0.25, 0.3) is 0 Å². The summed E-state index contributed by atoms with van der Waals surface area (Å²) in [5, 5.41) is 12.4. The van der Waals surface area contributed by atoms with E-state index in [1.165, 1.54) is 13.0 Å². The number of rotatable bonds is 4. The van der Waals surface area contributed by atoms with Crippen LogP contribution in [-0.2, 0) is 12.4 Å². The maximum atomic E-state index is 13.1. The average Bonchev–Trinajstić information content (AvgIpc) is 3.00. The average molecular weight is 419 g/mol. The maximum Gasteiger partial charge on any atom is 0.436 e. The molecule has 0 aliphatic heterocycles. The number of fused-ring (bicyclic) bond motifs is 1. The minimum atomic E-state index is -5.03. The van der Waals surface area contributed by atoms with Gasteiger partial charge in [0.1, 0.15) is 11.3 Å².